The topological polar surface area (TPSA) is 72.8 Å². The molecule has 1 atom stereocenters. The molecule has 8 heteroatoms. The Morgan fingerprint density at radius 1 is 1.06 bits per heavy atom. The predicted molar refractivity (Wildman–Crippen MR) is 121 cm³/mol. The SMILES string of the molecule is COc1cccc(C2=NN(C(=O)CN3CCOCC3)C(c3cccc(OC)c3OC)C2)c1. The van der Waals surface area contributed by atoms with Gasteiger partial charge in [0.15, 0.2) is 11.5 Å². The zero-order chi connectivity index (χ0) is 22.5. The van der Waals surface area contributed by atoms with E-state index in [9.17, 15) is 4.79 Å². The smallest absolute Gasteiger partial charge is 0.257 e. The molecule has 4 rings (SSSR count). The van der Waals surface area contributed by atoms with Gasteiger partial charge in [-0.15, -0.1) is 0 Å². The maximum absolute atomic E-state index is 13.4. The normalized spacial score (nSPS) is 18.9. The Hall–Kier alpha value is -3.10. The van der Waals surface area contributed by atoms with E-state index in [1.165, 1.54) is 0 Å². The van der Waals surface area contributed by atoms with Gasteiger partial charge in [0.05, 0.1) is 52.8 Å². The summed E-state index contributed by atoms with van der Waals surface area (Å²) in [6.07, 6.45) is 0.561. The summed E-state index contributed by atoms with van der Waals surface area (Å²) in [5.41, 5.74) is 2.62. The van der Waals surface area contributed by atoms with Crippen molar-refractivity contribution in [2.45, 2.75) is 12.5 Å². The Bertz CT molecular complexity index is 987. The van der Waals surface area contributed by atoms with Gasteiger partial charge in [-0.3, -0.25) is 9.69 Å². The minimum absolute atomic E-state index is 0.0559. The van der Waals surface area contributed by atoms with E-state index in [-0.39, 0.29) is 11.9 Å². The third-order valence-corrected chi connectivity index (χ3v) is 5.82. The molecule has 0 aliphatic carbocycles. The molecule has 0 aromatic heterocycles. The third kappa shape index (κ3) is 4.56. The Labute approximate surface area is 188 Å². The van der Waals surface area contributed by atoms with Crippen molar-refractivity contribution in [2.75, 3.05) is 54.2 Å². The first-order valence-corrected chi connectivity index (χ1v) is 10.7. The van der Waals surface area contributed by atoms with Gasteiger partial charge in [-0.25, -0.2) is 5.01 Å². The number of hydrogen-bond donors (Lipinski definition) is 0. The largest absolute Gasteiger partial charge is 0.497 e. The lowest BCUT2D eigenvalue weighted by Gasteiger charge is -2.29. The van der Waals surface area contributed by atoms with Gasteiger partial charge < -0.3 is 18.9 Å². The van der Waals surface area contributed by atoms with Crippen LogP contribution in [0.4, 0.5) is 0 Å². The number of hydrogen-bond acceptors (Lipinski definition) is 7. The summed E-state index contributed by atoms with van der Waals surface area (Å²) in [6, 6.07) is 13.2. The fourth-order valence-electron chi connectivity index (χ4n) is 4.16. The summed E-state index contributed by atoms with van der Waals surface area (Å²) in [6.45, 7) is 3.04. The van der Waals surface area contributed by atoms with E-state index >= 15 is 0 Å². The van der Waals surface area contributed by atoms with Crippen LogP contribution in [0.25, 0.3) is 0 Å². The number of nitrogens with zero attached hydrogens (tertiary/aromatic N) is 3. The molecule has 2 aliphatic rings. The van der Waals surface area contributed by atoms with E-state index in [4.69, 9.17) is 24.0 Å². The van der Waals surface area contributed by atoms with Crippen LogP contribution in [0.5, 0.6) is 17.2 Å². The van der Waals surface area contributed by atoms with Crippen molar-refractivity contribution < 1.29 is 23.7 Å². The molecule has 0 N–H and O–H groups in total. The van der Waals surface area contributed by atoms with Gasteiger partial charge in [0, 0.05) is 30.6 Å². The zero-order valence-corrected chi connectivity index (χ0v) is 18.7. The Morgan fingerprint density at radius 2 is 1.84 bits per heavy atom. The van der Waals surface area contributed by atoms with Gasteiger partial charge in [0.25, 0.3) is 5.91 Å². The van der Waals surface area contributed by atoms with Crippen molar-refractivity contribution in [3.05, 3.63) is 53.6 Å². The number of hydrazone groups is 1. The van der Waals surface area contributed by atoms with E-state index in [1.807, 2.05) is 42.5 Å². The van der Waals surface area contributed by atoms with Gasteiger partial charge in [0.1, 0.15) is 5.75 Å². The van der Waals surface area contributed by atoms with Crippen molar-refractivity contribution in [1.29, 1.82) is 0 Å². The van der Waals surface area contributed by atoms with Crippen LogP contribution in [-0.2, 0) is 9.53 Å². The van der Waals surface area contributed by atoms with E-state index < -0.39 is 0 Å². The van der Waals surface area contributed by atoms with Gasteiger partial charge in [-0.2, -0.15) is 5.10 Å². The van der Waals surface area contributed by atoms with Gasteiger partial charge in [-0.1, -0.05) is 24.3 Å². The highest BCUT2D eigenvalue weighted by atomic mass is 16.5. The lowest BCUT2D eigenvalue weighted by Crippen LogP contribution is -2.43. The second kappa shape index (κ2) is 10.0. The van der Waals surface area contributed by atoms with E-state index in [2.05, 4.69) is 4.90 Å². The Balaban J connectivity index is 1.68. The maximum atomic E-state index is 13.4. The number of rotatable bonds is 7. The quantitative estimate of drug-likeness (QED) is 0.661. The summed E-state index contributed by atoms with van der Waals surface area (Å²) in [5, 5.41) is 6.38. The summed E-state index contributed by atoms with van der Waals surface area (Å²) in [7, 11) is 4.85. The van der Waals surface area contributed by atoms with Crippen molar-refractivity contribution >= 4 is 11.6 Å². The van der Waals surface area contributed by atoms with Crippen molar-refractivity contribution in [3.63, 3.8) is 0 Å². The molecule has 1 saturated heterocycles. The highest BCUT2D eigenvalue weighted by Gasteiger charge is 2.36. The lowest BCUT2D eigenvalue weighted by molar-refractivity contribution is -0.135. The van der Waals surface area contributed by atoms with E-state index in [0.717, 1.165) is 35.7 Å². The van der Waals surface area contributed by atoms with Crippen LogP contribution in [0, 0.1) is 0 Å². The Morgan fingerprint density at radius 3 is 2.56 bits per heavy atom. The number of carbonyl (C=O) groups is 1. The van der Waals surface area contributed by atoms with Crippen LogP contribution < -0.4 is 14.2 Å². The maximum Gasteiger partial charge on any atom is 0.257 e. The van der Waals surface area contributed by atoms with Crippen LogP contribution in [0.2, 0.25) is 0 Å². The van der Waals surface area contributed by atoms with Crippen molar-refractivity contribution in [3.8, 4) is 17.2 Å². The van der Waals surface area contributed by atoms with Gasteiger partial charge in [0.2, 0.25) is 0 Å². The molecule has 170 valence electrons. The molecule has 2 aromatic rings. The molecule has 0 saturated carbocycles. The Kier molecular flexibility index (Phi) is 6.92. The molecule has 2 heterocycles. The minimum atomic E-state index is -0.296. The third-order valence-electron chi connectivity index (χ3n) is 5.82. The molecule has 0 radical (unpaired) electrons. The monoisotopic (exact) mass is 439 g/mol. The van der Waals surface area contributed by atoms with Gasteiger partial charge in [-0.05, 0) is 18.2 Å². The predicted octanol–water partition coefficient (Wildman–Crippen LogP) is 2.72. The molecule has 2 aliphatic heterocycles. The van der Waals surface area contributed by atoms with Crippen molar-refractivity contribution in [2.24, 2.45) is 5.10 Å². The zero-order valence-electron chi connectivity index (χ0n) is 18.7. The molecule has 1 fully saturated rings. The lowest BCUT2D eigenvalue weighted by atomic mass is 9.97. The molecular formula is C24H29N3O5. The molecule has 0 bridgehead atoms. The van der Waals surface area contributed by atoms with Crippen LogP contribution in [-0.4, -0.2) is 75.7 Å². The van der Waals surface area contributed by atoms with Crippen molar-refractivity contribution in [1.82, 2.24) is 9.91 Å². The second-order valence-electron chi connectivity index (χ2n) is 7.71. The highest BCUT2D eigenvalue weighted by molar-refractivity contribution is 6.03. The van der Waals surface area contributed by atoms with E-state index in [1.54, 1.807) is 26.3 Å². The first kappa shape index (κ1) is 22.1. The number of methoxy groups -OCH3 is 3. The van der Waals surface area contributed by atoms with Crippen LogP contribution >= 0.6 is 0 Å². The van der Waals surface area contributed by atoms with E-state index in [0.29, 0.717) is 37.7 Å². The van der Waals surface area contributed by atoms with Crippen LogP contribution in [0.15, 0.2) is 47.6 Å². The molecular weight excluding hydrogens is 410 g/mol. The standard InChI is InChI=1S/C24H29N3O5/c1-29-18-7-4-6-17(14-18)20-15-21(19-8-5-9-22(30-2)24(19)31-3)27(25-20)23(28)16-26-10-12-32-13-11-26/h4-9,14,21H,10-13,15-16H2,1-3H3. The number of benzene rings is 2. The molecule has 1 unspecified atom stereocenters. The number of morpholine rings is 1. The molecule has 32 heavy (non-hydrogen) atoms. The van der Waals surface area contributed by atoms with Crippen LogP contribution in [0.3, 0.4) is 0 Å². The summed E-state index contributed by atoms with van der Waals surface area (Å²) >= 11 is 0. The van der Waals surface area contributed by atoms with Gasteiger partial charge >= 0.3 is 0 Å². The fourth-order valence-corrected chi connectivity index (χ4v) is 4.16. The average Bonchev–Trinajstić information content (AvgIpc) is 3.29. The molecule has 8 nitrogen and oxygen atoms in total. The number of carbonyl (C=O) groups excluding carboxylic acids is 1. The first-order chi connectivity index (χ1) is 15.6. The number of ether oxygens (including phenoxy) is 4. The molecule has 1 amide bonds. The van der Waals surface area contributed by atoms with Crippen LogP contribution in [0.1, 0.15) is 23.6 Å². The summed E-state index contributed by atoms with van der Waals surface area (Å²) in [5.74, 6) is 1.94. The first-order valence-electron chi connectivity index (χ1n) is 10.7. The highest BCUT2D eigenvalue weighted by Crippen LogP contribution is 2.41. The number of amides is 1. The summed E-state index contributed by atoms with van der Waals surface area (Å²) in [4.78, 5) is 15.5. The molecule has 0 spiro atoms. The minimum Gasteiger partial charge on any atom is -0.497 e. The average molecular weight is 440 g/mol. The second-order valence-corrected chi connectivity index (χ2v) is 7.71. The number of para-hydroxylation sites is 1. The fraction of sp³-hybridized carbons (Fsp3) is 0.417. The summed E-state index contributed by atoms with van der Waals surface area (Å²) < 4.78 is 22.0. The molecule has 2 aromatic carbocycles.